The van der Waals surface area contributed by atoms with Crippen molar-refractivity contribution in [3.05, 3.63) is 40.2 Å². The van der Waals surface area contributed by atoms with Crippen molar-refractivity contribution in [1.82, 2.24) is 4.98 Å². The molecule has 0 atom stereocenters. The molecule has 0 aliphatic heterocycles. The lowest BCUT2D eigenvalue weighted by Gasteiger charge is -2.10. The highest BCUT2D eigenvalue weighted by Gasteiger charge is 2.35. The number of aromatic nitrogens is 1. The summed E-state index contributed by atoms with van der Waals surface area (Å²) in [5, 5.41) is 0. The topological polar surface area (TPSA) is 26.0 Å². The first kappa shape index (κ1) is 13.4. The molecule has 0 N–H and O–H groups in total. The standard InChI is InChI=1S/C11H6BrClF3NO/c12-6-1-2-8(9(3-6)11(14,15)16)10-17-7(4-13)5-18-10/h1-3,5H,4H2. The summed E-state index contributed by atoms with van der Waals surface area (Å²) < 4.78 is 44.0. The van der Waals surface area contributed by atoms with Crippen molar-refractivity contribution in [2.75, 3.05) is 0 Å². The van der Waals surface area contributed by atoms with Gasteiger partial charge in [-0.3, -0.25) is 0 Å². The minimum Gasteiger partial charge on any atom is -0.444 e. The van der Waals surface area contributed by atoms with Crippen LogP contribution in [-0.4, -0.2) is 4.98 Å². The molecule has 2 rings (SSSR count). The van der Waals surface area contributed by atoms with E-state index >= 15 is 0 Å². The molecule has 0 unspecified atom stereocenters. The van der Waals surface area contributed by atoms with Gasteiger partial charge in [-0.15, -0.1) is 11.6 Å². The van der Waals surface area contributed by atoms with E-state index < -0.39 is 11.7 Å². The minimum absolute atomic E-state index is 0.0847. The van der Waals surface area contributed by atoms with Crippen LogP contribution < -0.4 is 0 Å². The van der Waals surface area contributed by atoms with Gasteiger partial charge in [0.15, 0.2) is 0 Å². The Labute approximate surface area is 114 Å². The van der Waals surface area contributed by atoms with Crippen LogP contribution in [0.3, 0.4) is 0 Å². The van der Waals surface area contributed by atoms with E-state index in [1.54, 1.807) is 0 Å². The summed E-state index contributed by atoms with van der Waals surface area (Å²) in [6.45, 7) is 0. The molecule has 0 saturated heterocycles. The Bertz CT molecular complexity index is 568. The number of hydrogen-bond donors (Lipinski definition) is 0. The molecule has 0 amide bonds. The molecule has 1 heterocycles. The molecule has 0 spiro atoms. The van der Waals surface area contributed by atoms with Gasteiger partial charge in [-0.25, -0.2) is 4.98 Å². The predicted molar refractivity (Wildman–Crippen MR) is 64.2 cm³/mol. The Kier molecular flexibility index (Phi) is 3.68. The summed E-state index contributed by atoms with van der Waals surface area (Å²) in [6, 6.07) is 3.78. The molecular formula is C11H6BrClF3NO. The molecule has 2 aromatic rings. The molecule has 0 fully saturated rings. The Morgan fingerprint density at radius 2 is 2.06 bits per heavy atom. The largest absolute Gasteiger partial charge is 0.444 e. The molecule has 0 saturated carbocycles. The van der Waals surface area contributed by atoms with Gasteiger partial charge in [0.1, 0.15) is 6.26 Å². The molecule has 1 aromatic carbocycles. The fraction of sp³-hybridized carbons (Fsp3) is 0.182. The lowest BCUT2D eigenvalue weighted by atomic mass is 10.1. The van der Waals surface area contributed by atoms with Crippen molar-refractivity contribution >= 4 is 27.5 Å². The quantitative estimate of drug-likeness (QED) is 0.730. The molecule has 0 aliphatic rings. The average molecular weight is 341 g/mol. The van der Waals surface area contributed by atoms with Crippen molar-refractivity contribution in [2.45, 2.75) is 12.1 Å². The Hall–Kier alpha value is -1.01. The number of rotatable bonds is 2. The Morgan fingerprint density at radius 3 is 2.61 bits per heavy atom. The van der Waals surface area contributed by atoms with Crippen LogP contribution in [0.25, 0.3) is 11.5 Å². The first-order valence-electron chi connectivity index (χ1n) is 4.79. The van der Waals surface area contributed by atoms with E-state index in [0.29, 0.717) is 10.2 Å². The van der Waals surface area contributed by atoms with E-state index in [2.05, 4.69) is 20.9 Å². The van der Waals surface area contributed by atoms with E-state index in [1.807, 2.05) is 0 Å². The van der Waals surface area contributed by atoms with Crippen molar-refractivity contribution in [1.29, 1.82) is 0 Å². The van der Waals surface area contributed by atoms with Gasteiger partial charge in [0.25, 0.3) is 0 Å². The molecule has 2 nitrogen and oxygen atoms in total. The van der Waals surface area contributed by atoms with Crippen LogP contribution in [0.5, 0.6) is 0 Å². The van der Waals surface area contributed by atoms with Gasteiger partial charge in [-0.2, -0.15) is 13.2 Å². The maximum atomic E-state index is 12.9. The second kappa shape index (κ2) is 4.93. The van der Waals surface area contributed by atoms with Crippen molar-refractivity contribution in [3.8, 4) is 11.5 Å². The third kappa shape index (κ3) is 2.70. The van der Waals surface area contributed by atoms with Crippen LogP contribution in [0, 0.1) is 0 Å². The van der Waals surface area contributed by atoms with E-state index in [1.165, 1.54) is 18.4 Å². The van der Waals surface area contributed by atoms with Crippen LogP contribution in [0.4, 0.5) is 13.2 Å². The number of nitrogens with zero attached hydrogens (tertiary/aromatic N) is 1. The number of benzene rings is 1. The second-order valence-corrected chi connectivity index (χ2v) is 4.65. The van der Waals surface area contributed by atoms with Crippen molar-refractivity contribution < 1.29 is 17.6 Å². The fourth-order valence-corrected chi connectivity index (χ4v) is 1.91. The van der Waals surface area contributed by atoms with Crippen molar-refractivity contribution in [2.24, 2.45) is 0 Å². The summed E-state index contributed by atoms with van der Waals surface area (Å²) in [5.74, 6) is -0.00745. The van der Waals surface area contributed by atoms with Crippen LogP contribution in [-0.2, 0) is 12.1 Å². The lowest BCUT2D eigenvalue weighted by Crippen LogP contribution is -2.07. The van der Waals surface area contributed by atoms with Crippen LogP contribution in [0.2, 0.25) is 0 Å². The molecule has 96 valence electrons. The first-order chi connectivity index (χ1) is 8.41. The molecule has 18 heavy (non-hydrogen) atoms. The van der Waals surface area contributed by atoms with Gasteiger partial charge in [0, 0.05) is 10.0 Å². The molecule has 1 aromatic heterocycles. The summed E-state index contributed by atoms with van der Waals surface area (Å²) in [5.41, 5.74) is -0.523. The monoisotopic (exact) mass is 339 g/mol. The highest BCUT2D eigenvalue weighted by Crippen LogP contribution is 2.38. The van der Waals surface area contributed by atoms with Gasteiger partial charge in [0.2, 0.25) is 5.89 Å². The predicted octanol–water partition coefficient (Wildman–Crippen LogP) is 4.86. The van der Waals surface area contributed by atoms with E-state index in [0.717, 1.165) is 6.07 Å². The average Bonchev–Trinajstić information content (AvgIpc) is 2.76. The zero-order valence-electron chi connectivity index (χ0n) is 8.76. The SMILES string of the molecule is FC(F)(F)c1cc(Br)ccc1-c1nc(CCl)co1. The number of alkyl halides is 4. The Balaban J connectivity index is 2.56. The van der Waals surface area contributed by atoms with Crippen molar-refractivity contribution in [3.63, 3.8) is 0 Å². The zero-order chi connectivity index (χ0) is 13.3. The fourth-order valence-electron chi connectivity index (χ4n) is 1.43. The van der Waals surface area contributed by atoms with E-state index in [9.17, 15) is 13.2 Å². The minimum atomic E-state index is -4.48. The first-order valence-corrected chi connectivity index (χ1v) is 6.12. The summed E-state index contributed by atoms with van der Waals surface area (Å²) >= 11 is 8.54. The van der Waals surface area contributed by atoms with Gasteiger partial charge in [-0.1, -0.05) is 15.9 Å². The maximum Gasteiger partial charge on any atom is 0.417 e. The summed E-state index contributed by atoms with van der Waals surface area (Å²) in [6.07, 6.45) is -3.24. The molecule has 0 bridgehead atoms. The van der Waals surface area contributed by atoms with Crippen LogP contribution >= 0.6 is 27.5 Å². The van der Waals surface area contributed by atoms with Crippen LogP contribution in [0.15, 0.2) is 33.4 Å². The molecule has 0 aliphatic carbocycles. The highest BCUT2D eigenvalue weighted by atomic mass is 79.9. The van der Waals surface area contributed by atoms with E-state index in [-0.39, 0.29) is 17.3 Å². The number of hydrogen-bond acceptors (Lipinski definition) is 2. The lowest BCUT2D eigenvalue weighted by molar-refractivity contribution is -0.137. The molecular weight excluding hydrogens is 334 g/mol. The number of halogens is 5. The van der Waals surface area contributed by atoms with Gasteiger partial charge in [0.05, 0.1) is 17.1 Å². The molecule has 0 radical (unpaired) electrons. The van der Waals surface area contributed by atoms with Gasteiger partial charge < -0.3 is 4.42 Å². The number of oxazole rings is 1. The Morgan fingerprint density at radius 1 is 1.33 bits per heavy atom. The summed E-state index contributed by atoms with van der Waals surface area (Å²) in [7, 11) is 0. The highest BCUT2D eigenvalue weighted by molar-refractivity contribution is 9.10. The van der Waals surface area contributed by atoms with Gasteiger partial charge >= 0.3 is 6.18 Å². The third-order valence-corrected chi connectivity index (χ3v) is 2.97. The summed E-state index contributed by atoms with van der Waals surface area (Å²) in [4.78, 5) is 3.89. The molecule has 7 heteroatoms. The normalized spacial score (nSPS) is 11.8. The zero-order valence-corrected chi connectivity index (χ0v) is 11.1. The maximum absolute atomic E-state index is 12.9. The second-order valence-electron chi connectivity index (χ2n) is 3.47. The van der Waals surface area contributed by atoms with E-state index in [4.69, 9.17) is 16.0 Å². The smallest absolute Gasteiger partial charge is 0.417 e. The van der Waals surface area contributed by atoms with Crippen LogP contribution in [0.1, 0.15) is 11.3 Å². The third-order valence-electron chi connectivity index (χ3n) is 2.21. The van der Waals surface area contributed by atoms with Gasteiger partial charge in [-0.05, 0) is 18.2 Å².